The molecule has 0 saturated heterocycles. The van der Waals surface area contributed by atoms with Crippen LogP contribution in [-0.2, 0) is 6.54 Å². The van der Waals surface area contributed by atoms with Gasteiger partial charge in [0.2, 0.25) is 0 Å². The lowest BCUT2D eigenvalue weighted by Gasteiger charge is -2.15. The molecule has 0 fully saturated rings. The molecular weight excluding hydrogens is 258 g/mol. The first-order valence-electron chi connectivity index (χ1n) is 6.29. The van der Waals surface area contributed by atoms with E-state index >= 15 is 0 Å². The van der Waals surface area contributed by atoms with Gasteiger partial charge in [-0.3, -0.25) is 0 Å². The Labute approximate surface area is 119 Å². The summed E-state index contributed by atoms with van der Waals surface area (Å²) < 4.78 is 6.08. The van der Waals surface area contributed by atoms with Crippen LogP contribution < -0.4 is 10.1 Å². The molecule has 0 aliphatic rings. The molecule has 1 N–H and O–H groups in total. The van der Waals surface area contributed by atoms with Crippen molar-refractivity contribution in [3.05, 3.63) is 58.1 Å². The number of nitrogens with one attached hydrogen (secondary N) is 1. The number of para-hydroxylation sites is 1. The van der Waals surface area contributed by atoms with Gasteiger partial charge in [0, 0.05) is 17.1 Å². The number of hydrogen-bond acceptors (Lipinski definition) is 2. The third kappa shape index (κ3) is 3.09. The molecular formula is C16H18ClNO. The molecule has 19 heavy (non-hydrogen) atoms. The maximum absolute atomic E-state index is 6.23. The summed E-state index contributed by atoms with van der Waals surface area (Å²) in [6.45, 7) is 4.77. The van der Waals surface area contributed by atoms with E-state index in [9.17, 15) is 0 Å². The Balaban J connectivity index is 2.41. The molecule has 0 atom stereocenters. The molecule has 0 radical (unpaired) electrons. The van der Waals surface area contributed by atoms with Crippen LogP contribution in [-0.4, -0.2) is 7.05 Å². The van der Waals surface area contributed by atoms with Crippen molar-refractivity contribution in [1.29, 1.82) is 0 Å². The molecule has 0 unspecified atom stereocenters. The molecule has 0 saturated carbocycles. The van der Waals surface area contributed by atoms with Crippen LogP contribution in [0.2, 0.25) is 5.02 Å². The van der Waals surface area contributed by atoms with E-state index in [-0.39, 0.29) is 0 Å². The van der Waals surface area contributed by atoms with E-state index in [1.807, 2.05) is 57.3 Å². The van der Waals surface area contributed by atoms with Gasteiger partial charge in [-0.15, -0.1) is 0 Å². The zero-order chi connectivity index (χ0) is 13.8. The molecule has 2 nitrogen and oxygen atoms in total. The van der Waals surface area contributed by atoms with Crippen LogP contribution in [0.3, 0.4) is 0 Å². The summed E-state index contributed by atoms with van der Waals surface area (Å²) in [5.41, 5.74) is 3.22. The van der Waals surface area contributed by atoms with Crippen molar-refractivity contribution in [3.8, 4) is 11.5 Å². The Kier molecular flexibility index (Phi) is 4.46. The molecule has 0 aliphatic carbocycles. The minimum atomic E-state index is 0.680. The summed E-state index contributed by atoms with van der Waals surface area (Å²) in [5, 5.41) is 3.84. The Morgan fingerprint density at radius 3 is 2.32 bits per heavy atom. The number of benzene rings is 2. The second kappa shape index (κ2) is 6.09. The molecule has 0 spiro atoms. The van der Waals surface area contributed by atoms with Gasteiger partial charge in [0.15, 0.2) is 0 Å². The number of hydrogen-bond donors (Lipinski definition) is 1. The van der Waals surface area contributed by atoms with Crippen molar-refractivity contribution in [2.45, 2.75) is 20.4 Å². The zero-order valence-corrected chi connectivity index (χ0v) is 12.2. The molecule has 0 bridgehead atoms. The molecule has 2 aromatic rings. The second-order valence-electron chi connectivity index (χ2n) is 4.57. The highest BCUT2D eigenvalue weighted by molar-refractivity contribution is 6.31. The third-order valence-electron chi connectivity index (χ3n) is 3.05. The Morgan fingerprint density at radius 2 is 1.68 bits per heavy atom. The first kappa shape index (κ1) is 13.9. The zero-order valence-electron chi connectivity index (χ0n) is 11.5. The predicted octanol–water partition coefficient (Wildman–Crippen LogP) is 4.47. The first-order valence-corrected chi connectivity index (χ1v) is 6.67. The fourth-order valence-electron chi connectivity index (χ4n) is 2.05. The lowest BCUT2D eigenvalue weighted by Crippen LogP contribution is -2.07. The summed E-state index contributed by atoms with van der Waals surface area (Å²) in [5.74, 6) is 1.71. The molecule has 0 aromatic heterocycles. The van der Waals surface area contributed by atoms with Crippen LogP contribution in [0, 0.1) is 13.8 Å². The maximum Gasteiger partial charge on any atom is 0.133 e. The Bertz CT molecular complexity index is 561. The Hall–Kier alpha value is -1.51. The van der Waals surface area contributed by atoms with Crippen molar-refractivity contribution in [2.75, 3.05) is 7.05 Å². The van der Waals surface area contributed by atoms with E-state index in [1.54, 1.807) is 0 Å². The van der Waals surface area contributed by atoms with E-state index in [2.05, 4.69) is 5.32 Å². The molecule has 2 rings (SSSR count). The van der Waals surface area contributed by atoms with Gasteiger partial charge in [0.05, 0.1) is 0 Å². The average molecular weight is 276 g/mol. The average Bonchev–Trinajstić information content (AvgIpc) is 2.38. The van der Waals surface area contributed by atoms with Gasteiger partial charge in [0.1, 0.15) is 11.5 Å². The number of aryl methyl sites for hydroxylation is 2. The van der Waals surface area contributed by atoms with Crippen LogP contribution in [0.15, 0.2) is 36.4 Å². The summed E-state index contributed by atoms with van der Waals surface area (Å²) in [6.07, 6.45) is 0. The van der Waals surface area contributed by atoms with Gasteiger partial charge in [-0.2, -0.15) is 0 Å². The van der Waals surface area contributed by atoms with Crippen LogP contribution in [0.4, 0.5) is 0 Å². The standard InChI is InChI=1S/C16H18ClNO/c1-11-6-4-7-12(2)16(11)19-15-9-5-8-14(17)13(15)10-18-3/h4-9,18H,10H2,1-3H3. The highest BCUT2D eigenvalue weighted by atomic mass is 35.5. The van der Waals surface area contributed by atoms with Gasteiger partial charge in [0.25, 0.3) is 0 Å². The second-order valence-corrected chi connectivity index (χ2v) is 4.98. The van der Waals surface area contributed by atoms with Gasteiger partial charge < -0.3 is 10.1 Å². The van der Waals surface area contributed by atoms with Crippen molar-refractivity contribution < 1.29 is 4.74 Å². The monoisotopic (exact) mass is 275 g/mol. The van der Waals surface area contributed by atoms with E-state index in [0.29, 0.717) is 6.54 Å². The summed E-state index contributed by atoms with van der Waals surface area (Å²) in [7, 11) is 1.89. The summed E-state index contributed by atoms with van der Waals surface area (Å²) in [4.78, 5) is 0. The molecule has 3 heteroatoms. The van der Waals surface area contributed by atoms with Crippen molar-refractivity contribution in [2.24, 2.45) is 0 Å². The fourth-order valence-corrected chi connectivity index (χ4v) is 2.29. The molecule has 0 heterocycles. The van der Waals surface area contributed by atoms with Crippen LogP contribution in [0.5, 0.6) is 11.5 Å². The van der Waals surface area contributed by atoms with E-state index in [1.165, 1.54) is 0 Å². The van der Waals surface area contributed by atoms with Crippen LogP contribution in [0.1, 0.15) is 16.7 Å². The van der Waals surface area contributed by atoms with Gasteiger partial charge in [-0.05, 0) is 44.2 Å². The molecule has 100 valence electrons. The molecule has 0 amide bonds. The van der Waals surface area contributed by atoms with Crippen molar-refractivity contribution in [3.63, 3.8) is 0 Å². The molecule has 0 aliphatic heterocycles. The van der Waals surface area contributed by atoms with E-state index in [4.69, 9.17) is 16.3 Å². The van der Waals surface area contributed by atoms with Gasteiger partial charge in [-0.1, -0.05) is 35.9 Å². The van der Waals surface area contributed by atoms with Crippen LogP contribution in [0.25, 0.3) is 0 Å². The maximum atomic E-state index is 6.23. The van der Waals surface area contributed by atoms with E-state index in [0.717, 1.165) is 33.2 Å². The molecule has 2 aromatic carbocycles. The van der Waals surface area contributed by atoms with Crippen molar-refractivity contribution >= 4 is 11.6 Å². The SMILES string of the molecule is CNCc1c(Cl)cccc1Oc1c(C)cccc1C. The number of halogens is 1. The van der Waals surface area contributed by atoms with Crippen LogP contribution >= 0.6 is 11.6 Å². The topological polar surface area (TPSA) is 21.3 Å². The van der Waals surface area contributed by atoms with Gasteiger partial charge in [-0.25, -0.2) is 0 Å². The minimum absolute atomic E-state index is 0.680. The summed E-state index contributed by atoms with van der Waals surface area (Å²) >= 11 is 6.23. The van der Waals surface area contributed by atoms with E-state index < -0.39 is 0 Å². The third-order valence-corrected chi connectivity index (χ3v) is 3.40. The lowest BCUT2D eigenvalue weighted by atomic mass is 10.1. The number of ether oxygens (including phenoxy) is 1. The smallest absolute Gasteiger partial charge is 0.133 e. The van der Waals surface area contributed by atoms with Gasteiger partial charge >= 0.3 is 0 Å². The fraction of sp³-hybridized carbons (Fsp3) is 0.250. The predicted molar refractivity (Wildman–Crippen MR) is 80.2 cm³/mol. The quantitative estimate of drug-likeness (QED) is 0.889. The summed E-state index contributed by atoms with van der Waals surface area (Å²) in [6, 6.07) is 11.9. The largest absolute Gasteiger partial charge is 0.456 e. The highest BCUT2D eigenvalue weighted by Crippen LogP contribution is 2.33. The number of rotatable bonds is 4. The minimum Gasteiger partial charge on any atom is -0.456 e. The lowest BCUT2D eigenvalue weighted by molar-refractivity contribution is 0.467. The highest BCUT2D eigenvalue weighted by Gasteiger charge is 2.11. The normalized spacial score (nSPS) is 10.5. The first-order chi connectivity index (χ1) is 9.13. The van der Waals surface area contributed by atoms with Crippen molar-refractivity contribution in [1.82, 2.24) is 5.32 Å². The Morgan fingerprint density at radius 1 is 1.05 bits per heavy atom.